The normalized spacial score (nSPS) is 23.6. The molecule has 2 atom stereocenters. The van der Waals surface area contributed by atoms with E-state index >= 15 is 0 Å². The van der Waals surface area contributed by atoms with Gasteiger partial charge in [-0.3, -0.25) is 9.59 Å². The van der Waals surface area contributed by atoms with Crippen LogP contribution in [0.2, 0.25) is 0 Å². The number of anilines is 1. The predicted octanol–water partition coefficient (Wildman–Crippen LogP) is 3.66. The molecular weight excluding hydrogens is 320 g/mol. The lowest BCUT2D eigenvalue weighted by Crippen LogP contribution is -2.48. The lowest BCUT2D eigenvalue weighted by Gasteiger charge is -2.30. The van der Waals surface area contributed by atoms with E-state index in [1.54, 1.807) is 11.8 Å². The Morgan fingerprint density at radius 3 is 2.50 bits per heavy atom. The van der Waals surface area contributed by atoms with E-state index in [9.17, 15) is 9.59 Å². The lowest BCUT2D eigenvalue weighted by molar-refractivity contribution is -0.139. The fraction of sp³-hybridized carbons (Fsp3) is 0.579. The number of thioether (sulfide) groups is 1. The van der Waals surface area contributed by atoms with Gasteiger partial charge in [0.15, 0.2) is 0 Å². The van der Waals surface area contributed by atoms with E-state index in [1.807, 2.05) is 36.1 Å². The van der Waals surface area contributed by atoms with Gasteiger partial charge in [0.2, 0.25) is 11.8 Å². The molecule has 0 spiro atoms. The Bertz CT molecular complexity index is 610. The number of nitrogens with one attached hydrogen (secondary N) is 1. The van der Waals surface area contributed by atoms with Crippen molar-refractivity contribution in [2.24, 2.45) is 11.8 Å². The molecule has 5 heteroatoms. The van der Waals surface area contributed by atoms with Crippen LogP contribution in [0.1, 0.15) is 38.7 Å². The molecule has 3 rings (SSSR count). The van der Waals surface area contributed by atoms with Crippen LogP contribution < -0.4 is 5.32 Å². The molecule has 1 heterocycles. The molecule has 0 radical (unpaired) electrons. The smallest absolute Gasteiger partial charge is 0.248 e. The van der Waals surface area contributed by atoms with Crippen molar-refractivity contribution in [2.45, 2.75) is 51.4 Å². The van der Waals surface area contributed by atoms with Gasteiger partial charge in [0.1, 0.15) is 6.04 Å². The molecule has 0 bridgehead atoms. The minimum atomic E-state index is -0.354. The van der Waals surface area contributed by atoms with Gasteiger partial charge < -0.3 is 10.2 Å². The predicted molar refractivity (Wildman–Crippen MR) is 98.9 cm³/mol. The molecular formula is C19H26N2O2S. The van der Waals surface area contributed by atoms with E-state index in [1.165, 1.54) is 0 Å². The van der Waals surface area contributed by atoms with Gasteiger partial charge in [0, 0.05) is 17.4 Å². The van der Waals surface area contributed by atoms with Crippen LogP contribution in [0.4, 0.5) is 5.69 Å². The molecule has 1 saturated heterocycles. The summed E-state index contributed by atoms with van der Waals surface area (Å²) in [5.74, 6) is 1.46. The highest BCUT2D eigenvalue weighted by molar-refractivity contribution is 8.00. The Balaban J connectivity index is 1.73. The lowest BCUT2D eigenvalue weighted by atomic mass is 10.1. The maximum Gasteiger partial charge on any atom is 0.248 e. The van der Waals surface area contributed by atoms with Crippen LogP contribution in [0.25, 0.3) is 0 Å². The van der Waals surface area contributed by atoms with Crippen LogP contribution in [0.5, 0.6) is 0 Å². The molecule has 1 aromatic carbocycles. The molecule has 2 aliphatic rings. The number of carbonyl (C=O) groups excluding carboxylic acids is 2. The van der Waals surface area contributed by atoms with Gasteiger partial charge in [-0.25, -0.2) is 0 Å². The van der Waals surface area contributed by atoms with Gasteiger partial charge in [-0.15, -0.1) is 11.8 Å². The number of aryl methyl sites for hydroxylation is 1. The van der Waals surface area contributed by atoms with Crippen LogP contribution in [0, 0.1) is 18.8 Å². The number of hydrogen-bond acceptors (Lipinski definition) is 3. The topological polar surface area (TPSA) is 49.4 Å². The van der Waals surface area contributed by atoms with Crippen molar-refractivity contribution in [3.05, 3.63) is 29.8 Å². The summed E-state index contributed by atoms with van der Waals surface area (Å²) < 4.78 is 0. The second-order valence-corrected chi connectivity index (χ2v) is 8.52. The Kier molecular flexibility index (Phi) is 5.18. The van der Waals surface area contributed by atoms with Crippen molar-refractivity contribution < 1.29 is 9.59 Å². The molecule has 2 amide bonds. The molecule has 0 aromatic heterocycles. The standard InChI is InChI=1S/C19H26N2O2S/c1-12(2)10-17-21(19(23)14-6-7-14)16(11-24-17)18(22)20-15-8-4-13(3)5-9-15/h4-5,8-9,12,14,16-17H,6-7,10-11H2,1-3H3,(H,20,22)/t16-,17-/m1/s1. The minimum Gasteiger partial charge on any atom is -0.324 e. The Hall–Kier alpha value is -1.49. The third-order valence-electron chi connectivity index (χ3n) is 4.57. The highest BCUT2D eigenvalue weighted by Gasteiger charge is 2.46. The Morgan fingerprint density at radius 2 is 1.92 bits per heavy atom. The van der Waals surface area contributed by atoms with E-state index in [-0.39, 0.29) is 29.1 Å². The first-order valence-corrected chi connectivity index (χ1v) is 9.82. The summed E-state index contributed by atoms with van der Waals surface area (Å²) >= 11 is 1.75. The Morgan fingerprint density at radius 1 is 1.25 bits per heavy atom. The zero-order valence-corrected chi connectivity index (χ0v) is 15.4. The van der Waals surface area contributed by atoms with Crippen molar-refractivity contribution in [2.75, 3.05) is 11.1 Å². The Labute approximate surface area is 148 Å². The summed E-state index contributed by atoms with van der Waals surface area (Å²) in [5, 5.41) is 3.11. The molecule has 24 heavy (non-hydrogen) atoms. The van der Waals surface area contributed by atoms with Crippen LogP contribution in [0.15, 0.2) is 24.3 Å². The summed E-state index contributed by atoms with van der Waals surface area (Å²) in [6.45, 7) is 6.35. The molecule has 0 unspecified atom stereocenters. The summed E-state index contributed by atoms with van der Waals surface area (Å²) in [7, 11) is 0. The maximum atomic E-state index is 12.8. The molecule has 1 aromatic rings. The number of benzene rings is 1. The number of hydrogen-bond donors (Lipinski definition) is 1. The first-order chi connectivity index (χ1) is 11.5. The molecule has 1 N–H and O–H groups in total. The van der Waals surface area contributed by atoms with Crippen LogP contribution in [0.3, 0.4) is 0 Å². The highest BCUT2D eigenvalue weighted by atomic mass is 32.2. The quantitative estimate of drug-likeness (QED) is 0.885. The van der Waals surface area contributed by atoms with Gasteiger partial charge in [-0.1, -0.05) is 31.5 Å². The second kappa shape index (κ2) is 7.18. The fourth-order valence-electron chi connectivity index (χ4n) is 3.05. The maximum absolute atomic E-state index is 12.8. The summed E-state index contributed by atoms with van der Waals surface area (Å²) in [4.78, 5) is 27.4. The van der Waals surface area contributed by atoms with Crippen LogP contribution in [-0.4, -0.2) is 33.9 Å². The second-order valence-electron chi connectivity index (χ2n) is 7.31. The molecule has 1 saturated carbocycles. The van der Waals surface area contributed by atoms with Crippen LogP contribution in [-0.2, 0) is 9.59 Å². The average Bonchev–Trinajstić information content (AvgIpc) is 3.30. The van der Waals surface area contributed by atoms with Gasteiger partial charge >= 0.3 is 0 Å². The van der Waals surface area contributed by atoms with Gasteiger partial charge in [0.25, 0.3) is 0 Å². The van der Waals surface area contributed by atoms with E-state index in [0.717, 1.165) is 30.5 Å². The third-order valence-corrected chi connectivity index (χ3v) is 5.88. The van der Waals surface area contributed by atoms with Crippen molar-refractivity contribution in [3.63, 3.8) is 0 Å². The van der Waals surface area contributed by atoms with E-state index in [4.69, 9.17) is 0 Å². The van der Waals surface area contributed by atoms with Crippen molar-refractivity contribution >= 4 is 29.3 Å². The molecule has 2 fully saturated rings. The zero-order chi connectivity index (χ0) is 17.3. The number of carbonyl (C=O) groups is 2. The summed E-state index contributed by atoms with van der Waals surface area (Å²) in [6, 6.07) is 7.43. The highest BCUT2D eigenvalue weighted by Crippen LogP contribution is 2.39. The number of rotatable bonds is 5. The van der Waals surface area contributed by atoms with Gasteiger partial charge in [-0.2, -0.15) is 0 Å². The number of nitrogens with zero attached hydrogens (tertiary/aromatic N) is 1. The molecule has 1 aliphatic carbocycles. The largest absolute Gasteiger partial charge is 0.324 e. The third kappa shape index (κ3) is 3.94. The van der Waals surface area contributed by atoms with Crippen molar-refractivity contribution in [3.8, 4) is 0 Å². The molecule has 1 aliphatic heterocycles. The van der Waals surface area contributed by atoms with Crippen molar-refractivity contribution in [1.82, 2.24) is 4.90 Å². The van der Waals surface area contributed by atoms with E-state index < -0.39 is 0 Å². The fourth-order valence-corrected chi connectivity index (χ4v) is 4.70. The first-order valence-electron chi connectivity index (χ1n) is 8.77. The van der Waals surface area contributed by atoms with E-state index in [2.05, 4.69) is 19.2 Å². The minimum absolute atomic E-state index is 0.0633. The zero-order valence-electron chi connectivity index (χ0n) is 14.6. The molecule has 4 nitrogen and oxygen atoms in total. The number of amides is 2. The van der Waals surface area contributed by atoms with Crippen molar-refractivity contribution in [1.29, 1.82) is 0 Å². The summed E-state index contributed by atoms with van der Waals surface area (Å²) in [6.07, 6.45) is 2.89. The van der Waals surface area contributed by atoms with E-state index in [0.29, 0.717) is 11.7 Å². The van der Waals surface area contributed by atoms with Gasteiger partial charge in [0.05, 0.1) is 5.37 Å². The first kappa shape index (κ1) is 17.3. The average molecular weight is 346 g/mol. The van der Waals surface area contributed by atoms with Crippen LogP contribution >= 0.6 is 11.8 Å². The monoisotopic (exact) mass is 346 g/mol. The summed E-state index contributed by atoms with van der Waals surface area (Å²) in [5.41, 5.74) is 1.95. The SMILES string of the molecule is Cc1ccc(NC(=O)[C@H]2CS[C@H](CC(C)C)N2C(=O)C2CC2)cc1. The van der Waals surface area contributed by atoms with Gasteiger partial charge in [-0.05, 0) is 44.2 Å². The molecule has 130 valence electrons.